The average molecular weight is 549 g/mol. The molecule has 0 spiro atoms. The number of likely N-dealkylation sites (tertiary alicyclic amines) is 1. The summed E-state index contributed by atoms with van der Waals surface area (Å²) in [5.41, 5.74) is -0.783. The molecule has 1 atom stereocenters. The van der Waals surface area contributed by atoms with Crippen LogP contribution in [0.25, 0.3) is 0 Å². The van der Waals surface area contributed by atoms with Crippen LogP contribution in [0, 0.1) is 0 Å². The topological polar surface area (TPSA) is 94.6 Å². The lowest BCUT2D eigenvalue weighted by Gasteiger charge is -2.36. The summed E-state index contributed by atoms with van der Waals surface area (Å²) in [6, 6.07) is 5.33. The van der Waals surface area contributed by atoms with Gasteiger partial charge in [-0.2, -0.15) is 0 Å². The standard InChI is InChI=1S/C28H44N2O7Si/c1-28(2,3)37-27(33)30-22(12-11-13-25(30)31)26(32)29(16-9-10-19-38(6,7)8)17-18-36-21-14-15-23(34-4)24(20-21)35-5/h9-10,14-15,20,22H,11-13,16-19H2,1-8H3. The molecule has 212 valence electrons. The molecule has 38 heavy (non-hydrogen) atoms. The van der Waals surface area contributed by atoms with Crippen LogP contribution in [0.5, 0.6) is 17.2 Å². The van der Waals surface area contributed by atoms with E-state index in [1.54, 1.807) is 58.1 Å². The summed E-state index contributed by atoms with van der Waals surface area (Å²) >= 11 is 0. The third-order valence-corrected chi connectivity index (χ3v) is 7.30. The summed E-state index contributed by atoms with van der Waals surface area (Å²) in [6.45, 7) is 12.9. The van der Waals surface area contributed by atoms with Crippen molar-refractivity contribution in [3.63, 3.8) is 0 Å². The first-order valence-electron chi connectivity index (χ1n) is 13.1. The van der Waals surface area contributed by atoms with Crippen molar-refractivity contribution in [3.05, 3.63) is 30.4 Å². The molecule has 1 aliphatic heterocycles. The Hall–Kier alpha value is -3.01. The second-order valence-electron chi connectivity index (χ2n) is 11.5. The minimum Gasteiger partial charge on any atom is -0.493 e. The second kappa shape index (κ2) is 13.7. The molecule has 1 unspecified atom stereocenters. The molecule has 1 aromatic rings. The van der Waals surface area contributed by atoms with Crippen LogP contribution >= 0.6 is 0 Å². The van der Waals surface area contributed by atoms with Gasteiger partial charge in [0.15, 0.2) is 11.5 Å². The van der Waals surface area contributed by atoms with Crippen molar-refractivity contribution in [1.29, 1.82) is 0 Å². The Bertz CT molecular complexity index is 998. The van der Waals surface area contributed by atoms with Gasteiger partial charge in [0, 0.05) is 27.1 Å². The van der Waals surface area contributed by atoms with Crippen LogP contribution in [0.3, 0.4) is 0 Å². The summed E-state index contributed by atoms with van der Waals surface area (Å²) in [4.78, 5) is 42.0. The first kappa shape index (κ1) is 31.2. The summed E-state index contributed by atoms with van der Waals surface area (Å²) in [6.07, 6.45) is 4.46. The maximum absolute atomic E-state index is 13.7. The van der Waals surface area contributed by atoms with E-state index < -0.39 is 25.8 Å². The van der Waals surface area contributed by atoms with E-state index in [4.69, 9.17) is 18.9 Å². The minimum absolute atomic E-state index is 0.210. The van der Waals surface area contributed by atoms with E-state index in [9.17, 15) is 14.4 Å². The van der Waals surface area contributed by atoms with Gasteiger partial charge in [-0.25, -0.2) is 9.69 Å². The monoisotopic (exact) mass is 548 g/mol. The molecule has 9 nitrogen and oxygen atoms in total. The lowest BCUT2D eigenvalue weighted by molar-refractivity contribution is -0.147. The van der Waals surface area contributed by atoms with E-state index >= 15 is 0 Å². The van der Waals surface area contributed by atoms with E-state index in [0.717, 1.165) is 10.9 Å². The van der Waals surface area contributed by atoms with E-state index in [1.807, 2.05) is 6.08 Å². The summed E-state index contributed by atoms with van der Waals surface area (Å²) < 4.78 is 22.0. The van der Waals surface area contributed by atoms with Crippen LogP contribution in [0.4, 0.5) is 4.79 Å². The van der Waals surface area contributed by atoms with Crippen LogP contribution in [0.2, 0.25) is 25.7 Å². The highest BCUT2D eigenvalue weighted by Gasteiger charge is 2.41. The van der Waals surface area contributed by atoms with Crippen LogP contribution in [-0.4, -0.2) is 81.3 Å². The van der Waals surface area contributed by atoms with Crippen LogP contribution in [-0.2, 0) is 14.3 Å². The molecule has 0 saturated carbocycles. The molecule has 1 heterocycles. The Morgan fingerprint density at radius 1 is 1.11 bits per heavy atom. The number of ether oxygens (including phenoxy) is 4. The van der Waals surface area contributed by atoms with Gasteiger partial charge in [-0.3, -0.25) is 9.59 Å². The highest BCUT2D eigenvalue weighted by molar-refractivity contribution is 6.76. The summed E-state index contributed by atoms with van der Waals surface area (Å²) in [5.74, 6) is 1.03. The highest BCUT2D eigenvalue weighted by Crippen LogP contribution is 2.31. The molecule has 1 fully saturated rings. The smallest absolute Gasteiger partial charge is 0.417 e. The Morgan fingerprint density at radius 3 is 2.39 bits per heavy atom. The van der Waals surface area contributed by atoms with Gasteiger partial charge in [0.05, 0.1) is 20.8 Å². The van der Waals surface area contributed by atoms with E-state index in [-0.39, 0.29) is 31.4 Å². The van der Waals surface area contributed by atoms with Gasteiger partial charge in [-0.15, -0.1) is 0 Å². The predicted octanol–water partition coefficient (Wildman–Crippen LogP) is 5.12. The molecule has 1 saturated heterocycles. The number of hydrogen-bond donors (Lipinski definition) is 0. The third kappa shape index (κ3) is 9.70. The maximum Gasteiger partial charge on any atom is 0.417 e. The van der Waals surface area contributed by atoms with Crippen molar-refractivity contribution < 1.29 is 33.3 Å². The molecule has 2 rings (SSSR count). The van der Waals surface area contributed by atoms with Crippen LogP contribution in [0.1, 0.15) is 40.0 Å². The zero-order valence-electron chi connectivity index (χ0n) is 24.2. The highest BCUT2D eigenvalue weighted by atomic mass is 28.3. The van der Waals surface area contributed by atoms with E-state index in [2.05, 4.69) is 25.7 Å². The van der Waals surface area contributed by atoms with Crippen molar-refractivity contribution in [3.8, 4) is 17.2 Å². The molecule has 0 aromatic heterocycles. The molecule has 1 aromatic carbocycles. The molecule has 0 N–H and O–H groups in total. The molecular weight excluding hydrogens is 504 g/mol. The number of imide groups is 1. The normalized spacial score (nSPS) is 16.4. The molecule has 10 heteroatoms. The Morgan fingerprint density at radius 2 is 1.79 bits per heavy atom. The fraction of sp³-hybridized carbons (Fsp3) is 0.607. The maximum atomic E-state index is 13.7. The van der Waals surface area contributed by atoms with E-state index in [0.29, 0.717) is 36.6 Å². The van der Waals surface area contributed by atoms with Crippen LogP contribution in [0.15, 0.2) is 30.4 Å². The first-order chi connectivity index (χ1) is 17.8. The van der Waals surface area contributed by atoms with Crippen molar-refractivity contribution >= 4 is 26.0 Å². The fourth-order valence-corrected chi connectivity index (χ4v) is 4.84. The molecule has 3 amide bonds. The van der Waals surface area contributed by atoms with Crippen molar-refractivity contribution in [2.24, 2.45) is 0 Å². The number of carbonyl (C=O) groups excluding carboxylic acids is 3. The van der Waals surface area contributed by atoms with Gasteiger partial charge in [-0.1, -0.05) is 31.8 Å². The molecule has 0 aliphatic carbocycles. The number of rotatable bonds is 11. The number of piperidine rings is 1. The predicted molar refractivity (Wildman–Crippen MR) is 150 cm³/mol. The lowest BCUT2D eigenvalue weighted by Crippen LogP contribution is -2.56. The largest absolute Gasteiger partial charge is 0.493 e. The summed E-state index contributed by atoms with van der Waals surface area (Å²) in [7, 11) is 1.83. The summed E-state index contributed by atoms with van der Waals surface area (Å²) in [5, 5.41) is 0. The number of benzene rings is 1. The van der Waals surface area contributed by atoms with E-state index in [1.165, 1.54) is 0 Å². The second-order valence-corrected chi connectivity index (χ2v) is 17.1. The van der Waals surface area contributed by atoms with Gasteiger partial charge in [0.2, 0.25) is 11.8 Å². The average Bonchev–Trinajstić information content (AvgIpc) is 2.82. The fourth-order valence-electron chi connectivity index (χ4n) is 3.96. The number of allylic oxidation sites excluding steroid dienone is 1. The molecule has 1 aliphatic rings. The third-order valence-electron chi connectivity index (χ3n) is 5.84. The minimum atomic E-state index is -1.28. The molecular formula is C28H44N2O7Si. The number of carbonyl (C=O) groups is 3. The Labute approximate surface area is 228 Å². The molecule has 0 radical (unpaired) electrons. The zero-order valence-corrected chi connectivity index (χ0v) is 25.2. The SMILES string of the molecule is COc1ccc(OCCN(CC=CC[Si](C)(C)C)C(=O)C2CCCC(=O)N2C(=O)OC(C)(C)C)cc1OC. The number of nitrogens with zero attached hydrogens (tertiary/aromatic N) is 2. The lowest BCUT2D eigenvalue weighted by atomic mass is 10.0. The quantitative estimate of drug-likeness (QED) is 0.280. The van der Waals surface area contributed by atoms with Crippen LogP contribution < -0.4 is 14.2 Å². The number of amides is 3. The number of hydrogen-bond acceptors (Lipinski definition) is 7. The van der Waals surface area contributed by atoms with Crippen molar-refractivity contribution in [2.45, 2.75) is 77.4 Å². The number of methoxy groups -OCH3 is 2. The van der Waals surface area contributed by atoms with Crippen molar-refractivity contribution in [2.75, 3.05) is 33.9 Å². The Kier molecular flexibility index (Phi) is 11.2. The molecule has 0 bridgehead atoms. The van der Waals surface area contributed by atoms with Gasteiger partial charge in [-0.05, 0) is 51.8 Å². The van der Waals surface area contributed by atoms with Gasteiger partial charge >= 0.3 is 6.09 Å². The zero-order chi connectivity index (χ0) is 28.5. The van der Waals surface area contributed by atoms with Crippen molar-refractivity contribution in [1.82, 2.24) is 9.80 Å². The van der Waals surface area contributed by atoms with Gasteiger partial charge in [0.1, 0.15) is 24.0 Å². The van der Waals surface area contributed by atoms with Gasteiger partial charge in [0.25, 0.3) is 0 Å². The first-order valence-corrected chi connectivity index (χ1v) is 16.8. The van der Waals surface area contributed by atoms with Gasteiger partial charge < -0.3 is 23.8 Å². The Balaban J connectivity index is 2.20.